The van der Waals surface area contributed by atoms with Crippen LogP contribution >= 0.6 is 0 Å². The van der Waals surface area contributed by atoms with E-state index in [-0.39, 0.29) is 28.4 Å². The smallest absolute Gasteiger partial charge is 0.349 e. The van der Waals surface area contributed by atoms with Crippen LogP contribution in [0.25, 0.3) is 0 Å². The Balaban J connectivity index is 2.06. The van der Waals surface area contributed by atoms with Gasteiger partial charge in [0.15, 0.2) is 0 Å². The van der Waals surface area contributed by atoms with Gasteiger partial charge in [0.1, 0.15) is 18.3 Å². The van der Waals surface area contributed by atoms with Crippen LogP contribution in [0.1, 0.15) is 87.0 Å². The molecule has 0 saturated carbocycles. The van der Waals surface area contributed by atoms with E-state index in [1.807, 2.05) is 6.08 Å². The van der Waals surface area contributed by atoms with Crippen molar-refractivity contribution in [2.45, 2.75) is 115 Å². The second-order valence-electron chi connectivity index (χ2n) is 10.3. The van der Waals surface area contributed by atoms with Gasteiger partial charge in [0.25, 0.3) is 0 Å². The van der Waals surface area contributed by atoms with Crippen molar-refractivity contribution in [2.24, 2.45) is 0 Å². The van der Waals surface area contributed by atoms with Crippen LogP contribution in [0.15, 0.2) is 24.7 Å². The molecule has 0 radical (unpaired) electrons. The summed E-state index contributed by atoms with van der Waals surface area (Å²) in [5.74, 6) is 0.848. The molecule has 3 atom stereocenters. The second-order valence-corrected chi connectivity index (χ2v) is 15.1. The summed E-state index contributed by atoms with van der Waals surface area (Å²) in [5, 5.41) is -0.115. The van der Waals surface area contributed by atoms with Crippen LogP contribution in [-0.4, -0.2) is 33.5 Å². The molecular weight excluding hydrogens is 368 g/mol. The van der Waals surface area contributed by atoms with Gasteiger partial charge in [-0.15, -0.1) is 0 Å². The maximum absolute atomic E-state index is 6.85. The molecule has 0 unspecified atom stereocenters. The molecule has 0 aromatic heterocycles. The van der Waals surface area contributed by atoms with Gasteiger partial charge in [0.05, 0.1) is 18.6 Å². The second kappa shape index (κ2) is 9.35. The Morgan fingerprint density at radius 1 is 1.07 bits per heavy atom. The zero-order chi connectivity index (χ0) is 21.0. The van der Waals surface area contributed by atoms with Crippen LogP contribution in [0.3, 0.4) is 0 Å². The average molecular weight is 411 g/mol. The van der Waals surface area contributed by atoms with Gasteiger partial charge in [-0.25, -0.2) is 0 Å². The highest BCUT2D eigenvalue weighted by atomic mass is 28.4. The molecule has 0 bridgehead atoms. The molecule has 2 aliphatic rings. The summed E-state index contributed by atoms with van der Waals surface area (Å²) >= 11 is 0. The topological polar surface area (TPSA) is 36.9 Å². The number of unbranched alkanes of at least 4 members (excludes halogenated alkanes) is 4. The van der Waals surface area contributed by atoms with Gasteiger partial charge in [0, 0.05) is 16.5 Å². The first-order valence-corrected chi connectivity index (χ1v) is 12.8. The Hall–Kier alpha value is -0.783. The van der Waals surface area contributed by atoms with Gasteiger partial charge in [-0.2, -0.15) is 0 Å². The van der Waals surface area contributed by atoms with E-state index < -0.39 is 8.56 Å². The van der Waals surface area contributed by atoms with E-state index >= 15 is 0 Å². The predicted octanol–water partition coefficient (Wildman–Crippen LogP) is 6.62. The summed E-state index contributed by atoms with van der Waals surface area (Å²) in [7, 11) is -2.55. The van der Waals surface area contributed by atoms with Crippen LogP contribution in [0.5, 0.6) is 0 Å². The molecule has 0 aromatic rings. The van der Waals surface area contributed by atoms with Gasteiger partial charge in [-0.05, 0) is 12.5 Å². The Labute approximate surface area is 173 Å². The molecule has 0 aliphatic carbocycles. The van der Waals surface area contributed by atoms with E-state index in [1.54, 1.807) is 6.26 Å². The van der Waals surface area contributed by atoms with Gasteiger partial charge < -0.3 is 18.3 Å². The Morgan fingerprint density at radius 2 is 1.71 bits per heavy atom. The fourth-order valence-corrected chi connectivity index (χ4v) is 9.48. The van der Waals surface area contributed by atoms with Crippen molar-refractivity contribution < 1.29 is 18.3 Å². The molecule has 5 heteroatoms. The maximum Gasteiger partial charge on any atom is 0.349 e. The predicted molar refractivity (Wildman–Crippen MR) is 117 cm³/mol. The summed E-state index contributed by atoms with van der Waals surface area (Å²) in [6.45, 7) is 20.3. The molecule has 0 aromatic carbocycles. The lowest BCUT2D eigenvalue weighted by molar-refractivity contribution is -0.128. The highest BCUT2D eigenvalue weighted by molar-refractivity contribution is 6.73. The van der Waals surface area contributed by atoms with E-state index in [2.05, 4.69) is 55.0 Å². The zero-order valence-electron chi connectivity index (χ0n) is 19.2. The number of fused-ring (bicyclic) bond motifs is 1. The van der Waals surface area contributed by atoms with Gasteiger partial charge in [0.2, 0.25) is 0 Å². The first-order valence-electron chi connectivity index (χ1n) is 11.0. The average Bonchev–Trinajstić information content (AvgIpc) is 2.59. The van der Waals surface area contributed by atoms with Crippen molar-refractivity contribution in [3.8, 4) is 0 Å². The van der Waals surface area contributed by atoms with Crippen molar-refractivity contribution in [1.29, 1.82) is 0 Å². The molecule has 0 amide bonds. The minimum atomic E-state index is -2.55. The third-order valence-corrected chi connectivity index (χ3v) is 10.9. The number of rotatable bonds is 8. The number of ether oxygens (including phenoxy) is 2. The first-order chi connectivity index (χ1) is 13.0. The quantitative estimate of drug-likeness (QED) is 0.256. The lowest BCUT2D eigenvalue weighted by Gasteiger charge is -2.55. The fourth-order valence-electron chi connectivity index (χ4n) is 4.52. The Kier molecular flexibility index (Phi) is 7.85. The van der Waals surface area contributed by atoms with E-state index in [1.165, 1.54) is 25.7 Å². The first kappa shape index (κ1) is 23.5. The molecule has 2 rings (SSSR count). The molecule has 28 heavy (non-hydrogen) atoms. The van der Waals surface area contributed by atoms with Crippen LogP contribution < -0.4 is 0 Å². The van der Waals surface area contributed by atoms with Crippen LogP contribution in [-0.2, 0) is 18.3 Å². The van der Waals surface area contributed by atoms with E-state index in [0.29, 0.717) is 6.61 Å². The van der Waals surface area contributed by atoms with Crippen LogP contribution in [0, 0.1) is 0 Å². The van der Waals surface area contributed by atoms with Gasteiger partial charge >= 0.3 is 8.56 Å². The summed E-state index contributed by atoms with van der Waals surface area (Å²) in [4.78, 5) is 0. The standard InChI is InChI=1S/C23H42O4Si/c1-9-10-11-12-13-14-18(2)26-19-15-16-24-20-17-25-28(22(3,4)5,23(6,7)8)27-21(19)20/h15-16,19-21H,2,9-14,17H2,1,3-8H3/t19-,20-,21+/m1/s1. The van der Waals surface area contributed by atoms with Crippen molar-refractivity contribution in [3.05, 3.63) is 24.7 Å². The monoisotopic (exact) mass is 410 g/mol. The van der Waals surface area contributed by atoms with Crippen LogP contribution in [0.4, 0.5) is 0 Å². The third kappa shape index (κ3) is 5.22. The molecule has 2 heterocycles. The highest BCUT2D eigenvalue weighted by Gasteiger charge is 2.63. The van der Waals surface area contributed by atoms with Crippen LogP contribution in [0.2, 0.25) is 10.1 Å². The van der Waals surface area contributed by atoms with Gasteiger partial charge in [-0.3, -0.25) is 0 Å². The lowest BCUT2D eigenvalue weighted by Crippen LogP contribution is -2.67. The minimum absolute atomic E-state index is 0.0573. The third-order valence-electron chi connectivity index (χ3n) is 5.80. The summed E-state index contributed by atoms with van der Waals surface area (Å²) in [5.41, 5.74) is 0. The van der Waals surface area contributed by atoms with Crippen molar-refractivity contribution in [2.75, 3.05) is 6.61 Å². The highest BCUT2D eigenvalue weighted by Crippen LogP contribution is 2.54. The summed E-state index contributed by atoms with van der Waals surface area (Å²) < 4.78 is 25.4. The minimum Gasteiger partial charge on any atom is -0.493 e. The maximum atomic E-state index is 6.85. The Morgan fingerprint density at radius 3 is 2.32 bits per heavy atom. The molecule has 0 N–H and O–H groups in total. The van der Waals surface area contributed by atoms with E-state index in [0.717, 1.165) is 18.6 Å². The molecule has 1 fully saturated rings. The molecule has 2 aliphatic heterocycles. The summed E-state index contributed by atoms with van der Waals surface area (Å²) in [6, 6.07) is 0. The molecule has 162 valence electrons. The summed E-state index contributed by atoms with van der Waals surface area (Å²) in [6.07, 6.45) is 10.4. The largest absolute Gasteiger partial charge is 0.493 e. The van der Waals surface area contributed by atoms with Crippen molar-refractivity contribution >= 4 is 8.56 Å². The van der Waals surface area contributed by atoms with Crippen molar-refractivity contribution in [3.63, 3.8) is 0 Å². The van der Waals surface area contributed by atoms with E-state index in [9.17, 15) is 0 Å². The molecule has 1 saturated heterocycles. The number of allylic oxidation sites excluding steroid dienone is 1. The Bertz CT molecular complexity index is 530. The van der Waals surface area contributed by atoms with E-state index in [4.69, 9.17) is 18.3 Å². The lowest BCUT2D eigenvalue weighted by atomic mass is 10.1. The molecular formula is C23H42O4Si. The SMILES string of the molecule is C=C(CCCCCCC)O[C@@H]1C=CO[C@@H]2CO[Si](C(C)(C)C)(C(C)(C)C)O[C@@H]12. The normalized spacial score (nSPS) is 27.0. The number of hydrogen-bond acceptors (Lipinski definition) is 4. The fraction of sp³-hybridized carbons (Fsp3) is 0.826. The zero-order valence-corrected chi connectivity index (χ0v) is 20.2. The number of hydrogen-bond donors (Lipinski definition) is 0. The molecule has 4 nitrogen and oxygen atoms in total. The van der Waals surface area contributed by atoms with Crippen molar-refractivity contribution in [1.82, 2.24) is 0 Å². The molecule has 0 spiro atoms. The van der Waals surface area contributed by atoms with Gasteiger partial charge in [-0.1, -0.05) is 80.7 Å².